The van der Waals surface area contributed by atoms with E-state index in [9.17, 15) is 4.79 Å². The van der Waals surface area contributed by atoms with Crippen LogP contribution in [0.2, 0.25) is 0 Å². The number of carbonyl (C=O) groups is 1. The largest absolute Gasteiger partial charge is 0.460 e. The third-order valence-corrected chi connectivity index (χ3v) is 5.62. The van der Waals surface area contributed by atoms with Crippen molar-refractivity contribution in [3.8, 4) is 0 Å². The molecular formula is C28H30O5. The molecule has 1 fully saturated rings. The molecular weight excluding hydrogens is 416 g/mol. The smallest absolute Gasteiger partial charge is 0.338 e. The Morgan fingerprint density at radius 1 is 0.697 bits per heavy atom. The van der Waals surface area contributed by atoms with Gasteiger partial charge in [-0.15, -0.1) is 0 Å². The first-order valence-corrected chi connectivity index (χ1v) is 11.4. The minimum Gasteiger partial charge on any atom is -0.460 e. The van der Waals surface area contributed by atoms with Gasteiger partial charge in [-0.05, 0) is 16.7 Å². The standard InChI is InChI=1S/C28H30O5/c29-28-27(32-21-24-14-8-3-9-15-24)26(31-20-23-12-6-2-7-13-23)18-25(33-28)16-17-30-19-22-10-4-1-5-11-22/h1-15,25-27H,16-21H2/t25-,26+,27-/m1/s1. The second kappa shape index (κ2) is 12.3. The SMILES string of the molecule is O=C1O[C@H](CCOCc2ccccc2)C[C@H](OCc2ccccc2)[C@H]1OCc1ccccc1. The van der Waals surface area contributed by atoms with Crippen LogP contribution in [0.4, 0.5) is 0 Å². The summed E-state index contributed by atoms with van der Waals surface area (Å²) in [6.45, 7) is 1.80. The van der Waals surface area contributed by atoms with Crippen molar-refractivity contribution in [3.63, 3.8) is 0 Å². The summed E-state index contributed by atoms with van der Waals surface area (Å²) in [5.74, 6) is -0.372. The van der Waals surface area contributed by atoms with E-state index in [0.29, 0.717) is 39.3 Å². The fraction of sp³-hybridized carbons (Fsp3) is 0.321. The quantitative estimate of drug-likeness (QED) is 0.304. The molecule has 0 saturated carbocycles. The van der Waals surface area contributed by atoms with E-state index in [-0.39, 0.29) is 18.2 Å². The average molecular weight is 447 g/mol. The lowest BCUT2D eigenvalue weighted by molar-refractivity contribution is -0.196. The van der Waals surface area contributed by atoms with E-state index in [2.05, 4.69) is 0 Å². The van der Waals surface area contributed by atoms with Crippen molar-refractivity contribution < 1.29 is 23.7 Å². The maximum atomic E-state index is 12.8. The minimum absolute atomic E-state index is 0.259. The summed E-state index contributed by atoms with van der Waals surface area (Å²) in [5, 5.41) is 0. The van der Waals surface area contributed by atoms with Gasteiger partial charge in [0.15, 0.2) is 6.10 Å². The van der Waals surface area contributed by atoms with Crippen LogP contribution in [0.3, 0.4) is 0 Å². The van der Waals surface area contributed by atoms with Gasteiger partial charge in [0.2, 0.25) is 0 Å². The van der Waals surface area contributed by atoms with E-state index in [1.807, 2.05) is 91.0 Å². The van der Waals surface area contributed by atoms with Gasteiger partial charge in [-0.25, -0.2) is 4.79 Å². The third kappa shape index (κ3) is 7.26. The van der Waals surface area contributed by atoms with Gasteiger partial charge in [-0.1, -0.05) is 91.0 Å². The summed E-state index contributed by atoms with van der Waals surface area (Å²) in [4.78, 5) is 12.8. The van der Waals surface area contributed by atoms with E-state index in [1.165, 1.54) is 0 Å². The van der Waals surface area contributed by atoms with Gasteiger partial charge in [-0.2, -0.15) is 0 Å². The Morgan fingerprint density at radius 3 is 1.79 bits per heavy atom. The zero-order valence-corrected chi connectivity index (χ0v) is 18.7. The molecule has 1 heterocycles. The first kappa shape index (κ1) is 23.2. The number of hydrogen-bond acceptors (Lipinski definition) is 5. The molecule has 0 radical (unpaired) electrons. The number of ether oxygens (including phenoxy) is 4. The lowest BCUT2D eigenvalue weighted by Gasteiger charge is -2.35. The molecule has 0 amide bonds. The van der Waals surface area contributed by atoms with Crippen molar-refractivity contribution in [2.24, 2.45) is 0 Å². The summed E-state index contributed by atoms with van der Waals surface area (Å²) in [6.07, 6.45) is -0.197. The lowest BCUT2D eigenvalue weighted by atomic mass is 10.0. The molecule has 0 spiro atoms. The second-order valence-corrected chi connectivity index (χ2v) is 8.17. The fourth-order valence-electron chi connectivity index (χ4n) is 3.84. The number of esters is 1. The summed E-state index contributed by atoms with van der Waals surface area (Å²) in [7, 11) is 0. The van der Waals surface area contributed by atoms with Crippen molar-refractivity contribution in [1.29, 1.82) is 0 Å². The number of benzene rings is 3. The molecule has 172 valence electrons. The number of rotatable bonds is 11. The summed E-state index contributed by atoms with van der Waals surface area (Å²) in [6, 6.07) is 29.8. The van der Waals surface area contributed by atoms with Crippen molar-refractivity contribution in [1.82, 2.24) is 0 Å². The van der Waals surface area contributed by atoms with Crippen molar-refractivity contribution in [2.75, 3.05) is 6.61 Å². The Bertz CT molecular complexity index is 961. The Balaban J connectivity index is 1.33. The van der Waals surface area contributed by atoms with E-state index in [0.717, 1.165) is 16.7 Å². The first-order valence-electron chi connectivity index (χ1n) is 11.4. The zero-order valence-electron chi connectivity index (χ0n) is 18.7. The molecule has 3 aromatic carbocycles. The summed E-state index contributed by atoms with van der Waals surface area (Å²) < 4.78 is 23.7. The molecule has 4 rings (SSSR count). The van der Waals surface area contributed by atoms with Gasteiger partial charge in [0.05, 0.1) is 32.5 Å². The molecule has 0 bridgehead atoms. The highest BCUT2D eigenvalue weighted by Crippen LogP contribution is 2.25. The van der Waals surface area contributed by atoms with Crippen molar-refractivity contribution in [2.45, 2.75) is 51.0 Å². The second-order valence-electron chi connectivity index (χ2n) is 8.17. The van der Waals surface area contributed by atoms with Crippen LogP contribution in [0.15, 0.2) is 91.0 Å². The number of carbonyl (C=O) groups excluding carboxylic acids is 1. The van der Waals surface area contributed by atoms with E-state index >= 15 is 0 Å². The zero-order chi connectivity index (χ0) is 22.7. The predicted molar refractivity (Wildman–Crippen MR) is 125 cm³/mol. The van der Waals surface area contributed by atoms with Crippen LogP contribution in [0, 0.1) is 0 Å². The van der Waals surface area contributed by atoms with Crippen molar-refractivity contribution in [3.05, 3.63) is 108 Å². The third-order valence-electron chi connectivity index (χ3n) is 5.62. The van der Waals surface area contributed by atoms with Gasteiger partial charge >= 0.3 is 5.97 Å². The topological polar surface area (TPSA) is 54.0 Å². The lowest BCUT2D eigenvalue weighted by Crippen LogP contribution is -2.48. The van der Waals surface area contributed by atoms with Gasteiger partial charge in [0.25, 0.3) is 0 Å². The van der Waals surface area contributed by atoms with E-state index in [1.54, 1.807) is 0 Å². The molecule has 1 aliphatic rings. The van der Waals surface area contributed by atoms with Crippen LogP contribution in [0.1, 0.15) is 29.5 Å². The van der Waals surface area contributed by atoms with Crippen LogP contribution < -0.4 is 0 Å². The first-order chi connectivity index (χ1) is 16.3. The summed E-state index contributed by atoms with van der Waals surface area (Å²) >= 11 is 0. The predicted octanol–water partition coefficient (Wildman–Crippen LogP) is 5.08. The molecule has 5 heteroatoms. The van der Waals surface area contributed by atoms with Crippen LogP contribution in [-0.4, -0.2) is 30.9 Å². The van der Waals surface area contributed by atoms with Crippen LogP contribution in [0.5, 0.6) is 0 Å². The molecule has 5 nitrogen and oxygen atoms in total. The Kier molecular flexibility index (Phi) is 8.64. The Morgan fingerprint density at radius 2 is 1.21 bits per heavy atom. The Hall–Kier alpha value is -2.99. The highest BCUT2D eigenvalue weighted by molar-refractivity contribution is 5.76. The molecule has 1 saturated heterocycles. The molecule has 33 heavy (non-hydrogen) atoms. The average Bonchev–Trinajstić information content (AvgIpc) is 2.86. The highest BCUT2D eigenvalue weighted by atomic mass is 16.6. The number of hydrogen-bond donors (Lipinski definition) is 0. The molecule has 1 aliphatic heterocycles. The molecule has 0 aliphatic carbocycles. The molecule has 3 aromatic rings. The van der Waals surface area contributed by atoms with Gasteiger partial charge < -0.3 is 18.9 Å². The van der Waals surface area contributed by atoms with Gasteiger partial charge in [-0.3, -0.25) is 0 Å². The normalized spacial score (nSPS) is 20.4. The maximum Gasteiger partial charge on any atom is 0.338 e. The molecule has 0 aromatic heterocycles. The van der Waals surface area contributed by atoms with Gasteiger partial charge in [0, 0.05) is 12.8 Å². The summed E-state index contributed by atoms with van der Waals surface area (Å²) in [5.41, 5.74) is 3.18. The van der Waals surface area contributed by atoms with E-state index < -0.39 is 6.10 Å². The van der Waals surface area contributed by atoms with E-state index in [4.69, 9.17) is 18.9 Å². The van der Waals surface area contributed by atoms with Crippen LogP contribution >= 0.6 is 0 Å². The van der Waals surface area contributed by atoms with Crippen molar-refractivity contribution >= 4 is 5.97 Å². The molecule has 0 unspecified atom stereocenters. The molecule has 0 N–H and O–H groups in total. The van der Waals surface area contributed by atoms with Gasteiger partial charge in [0.1, 0.15) is 6.10 Å². The number of cyclic esters (lactones) is 1. The van der Waals surface area contributed by atoms with Crippen LogP contribution in [-0.2, 0) is 43.6 Å². The van der Waals surface area contributed by atoms with Crippen LogP contribution in [0.25, 0.3) is 0 Å². The Labute approximate surface area is 195 Å². The maximum absolute atomic E-state index is 12.8. The molecule has 3 atom stereocenters. The monoisotopic (exact) mass is 446 g/mol. The minimum atomic E-state index is -0.754. The fourth-order valence-corrected chi connectivity index (χ4v) is 3.84. The highest BCUT2D eigenvalue weighted by Gasteiger charge is 2.40.